The molecule has 22 valence electrons. The monoisotopic (exact) mass is 150 g/mol. The minimum Gasteiger partial charge on any atom is 0 e. The Kier molecular flexibility index (Phi) is 20.1. The summed E-state index contributed by atoms with van der Waals surface area (Å²) in [6.45, 7) is 0. The van der Waals surface area contributed by atoms with Crippen LogP contribution in [0.4, 0.5) is 0 Å². The van der Waals surface area contributed by atoms with Gasteiger partial charge in [0.25, 0.3) is 0 Å². The van der Waals surface area contributed by atoms with Crippen LogP contribution in [0, 0.1) is 0 Å². The SMILES string of the molecule is [CH3][Mn]=[O].[Zn]. The Labute approximate surface area is 44.3 Å². The molecule has 0 aromatic heterocycles. The Balaban J connectivity index is 0. The third-order valence-corrected chi connectivity index (χ3v) is 0. The van der Waals surface area contributed by atoms with Crippen LogP contribution in [0.5, 0.6) is 0 Å². The number of rotatable bonds is 0. The van der Waals surface area contributed by atoms with Crippen molar-refractivity contribution >= 4 is 0 Å². The first-order valence-electron chi connectivity index (χ1n) is 0.532. The summed E-state index contributed by atoms with van der Waals surface area (Å²) in [5.41, 5.74) is 0. The van der Waals surface area contributed by atoms with E-state index in [0.717, 1.165) is 0 Å². The zero-order chi connectivity index (χ0) is 2.71. The summed E-state index contributed by atoms with van der Waals surface area (Å²) in [6, 6.07) is 0. The van der Waals surface area contributed by atoms with E-state index >= 15 is 0 Å². The first kappa shape index (κ1) is 8.87. The Hall–Kier alpha value is 0.943. The topological polar surface area (TPSA) is 17.1 Å². The summed E-state index contributed by atoms with van der Waals surface area (Å²) in [7, 11) is 0. The molecule has 0 rings (SSSR count). The Bertz CT molecular complexity index is 15.5. The maximum Gasteiger partial charge on any atom is 0 e. The molecule has 0 heterocycles. The van der Waals surface area contributed by atoms with Gasteiger partial charge in [0, 0.05) is 19.5 Å². The molecule has 0 fully saturated rings. The van der Waals surface area contributed by atoms with E-state index in [1.54, 1.807) is 5.82 Å². The normalized spacial score (nSPS) is 4.25. The van der Waals surface area contributed by atoms with Gasteiger partial charge in [0.1, 0.15) is 0 Å². The van der Waals surface area contributed by atoms with Crippen molar-refractivity contribution in [3.05, 3.63) is 0 Å². The third-order valence-electron chi connectivity index (χ3n) is 0. The molecular weight excluding hydrogens is 148 g/mol. The predicted molar refractivity (Wildman–Crippen MR) is 6.55 cm³/mol. The Morgan fingerprint density at radius 1 is 1.75 bits per heavy atom. The molecule has 0 unspecified atom stereocenters. The van der Waals surface area contributed by atoms with Crippen LogP contribution in [0.1, 0.15) is 0 Å². The fourth-order valence-electron chi connectivity index (χ4n) is 0. The van der Waals surface area contributed by atoms with Crippen LogP contribution in [0.15, 0.2) is 0 Å². The first-order chi connectivity index (χ1) is 1.41. The van der Waals surface area contributed by atoms with Crippen LogP contribution in [-0.2, 0) is 38.2 Å². The molecule has 0 saturated carbocycles. The molecular formula is CH3MnOZn. The molecule has 0 atom stereocenters. The molecule has 4 heavy (non-hydrogen) atoms. The molecule has 1 nitrogen and oxygen atoms in total. The van der Waals surface area contributed by atoms with Gasteiger partial charge in [-0.25, -0.2) is 0 Å². The van der Waals surface area contributed by atoms with Gasteiger partial charge >= 0.3 is 24.5 Å². The van der Waals surface area contributed by atoms with Gasteiger partial charge in [-0.2, -0.15) is 0 Å². The van der Waals surface area contributed by atoms with Gasteiger partial charge in [0.05, 0.1) is 0 Å². The minimum atomic E-state index is -0.188. The average Bonchev–Trinajstić information content (AvgIpc) is 0.918. The van der Waals surface area contributed by atoms with E-state index in [2.05, 4.69) is 0 Å². The summed E-state index contributed by atoms with van der Waals surface area (Å²) in [4.78, 5) is 0. The van der Waals surface area contributed by atoms with Gasteiger partial charge < -0.3 is 0 Å². The van der Waals surface area contributed by atoms with Gasteiger partial charge in [-0.15, -0.1) is 0 Å². The molecule has 3 heteroatoms. The molecule has 0 saturated heterocycles. The van der Waals surface area contributed by atoms with Gasteiger partial charge in [-0.3, -0.25) is 0 Å². The van der Waals surface area contributed by atoms with Crippen molar-refractivity contribution in [3.8, 4) is 0 Å². The summed E-state index contributed by atoms with van der Waals surface area (Å²) in [6.07, 6.45) is 0. The molecule has 0 radical (unpaired) electrons. The average molecular weight is 151 g/mol. The Morgan fingerprint density at radius 3 is 1.75 bits per heavy atom. The van der Waals surface area contributed by atoms with E-state index in [4.69, 9.17) is 3.83 Å². The molecule has 0 bridgehead atoms. The minimum absolute atomic E-state index is 0. The largest absolute Gasteiger partial charge is 0 e. The van der Waals surface area contributed by atoms with E-state index in [-0.39, 0.29) is 34.4 Å². The van der Waals surface area contributed by atoms with Crippen LogP contribution in [0.2, 0.25) is 5.82 Å². The molecule has 0 aromatic carbocycles. The van der Waals surface area contributed by atoms with Gasteiger partial charge in [0.2, 0.25) is 0 Å². The van der Waals surface area contributed by atoms with Gasteiger partial charge in [-0.05, 0) is 0 Å². The van der Waals surface area contributed by atoms with Crippen molar-refractivity contribution in [3.63, 3.8) is 0 Å². The summed E-state index contributed by atoms with van der Waals surface area (Å²) in [5, 5.41) is 0. The first-order valence-corrected chi connectivity index (χ1v) is 2.19. The third kappa shape index (κ3) is 12.5. The summed E-state index contributed by atoms with van der Waals surface area (Å²) >= 11 is -0.188. The molecule has 0 aromatic rings. The van der Waals surface area contributed by atoms with Gasteiger partial charge in [0.15, 0.2) is 0 Å². The molecule has 0 N–H and O–H groups in total. The molecule has 0 aliphatic carbocycles. The molecule has 0 amide bonds. The van der Waals surface area contributed by atoms with Crippen molar-refractivity contribution in [2.75, 3.05) is 0 Å². The van der Waals surface area contributed by atoms with Crippen molar-refractivity contribution in [1.29, 1.82) is 0 Å². The number of hydrogen-bond donors (Lipinski definition) is 0. The standard InChI is InChI=1S/CH3.Mn.O.Zn/h1H3;;;. The number of hydrogen-bond acceptors (Lipinski definition) is 1. The van der Waals surface area contributed by atoms with E-state index in [1.165, 1.54) is 0 Å². The van der Waals surface area contributed by atoms with E-state index in [1.807, 2.05) is 0 Å². The van der Waals surface area contributed by atoms with Crippen LogP contribution in [0.25, 0.3) is 0 Å². The molecule has 0 aliphatic heterocycles. The van der Waals surface area contributed by atoms with Crippen molar-refractivity contribution in [2.45, 2.75) is 5.82 Å². The van der Waals surface area contributed by atoms with Crippen LogP contribution >= 0.6 is 0 Å². The van der Waals surface area contributed by atoms with Gasteiger partial charge in [-0.1, -0.05) is 0 Å². The zero-order valence-electron chi connectivity index (χ0n) is 2.49. The Morgan fingerprint density at radius 2 is 1.75 bits per heavy atom. The second kappa shape index (κ2) is 9.05. The zero-order valence-corrected chi connectivity index (χ0v) is 6.64. The van der Waals surface area contributed by atoms with Crippen LogP contribution < -0.4 is 0 Å². The van der Waals surface area contributed by atoms with Crippen molar-refractivity contribution in [1.82, 2.24) is 0 Å². The second-order valence-electron chi connectivity index (χ2n) is 0.154. The summed E-state index contributed by atoms with van der Waals surface area (Å²) < 4.78 is 8.96. The predicted octanol–water partition coefficient (Wildman–Crippen LogP) is 0.460. The molecule has 0 aliphatic rings. The smallest absolute Gasteiger partial charge is 0 e. The maximum absolute atomic E-state index is 8.96. The van der Waals surface area contributed by atoms with E-state index in [0.29, 0.717) is 0 Å². The van der Waals surface area contributed by atoms with Crippen molar-refractivity contribution < 1.29 is 38.2 Å². The van der Waals surface area contributed by atoms with Crippen LogP contribution in [-0.4, -0.2) is 0 Å². The molecule has 0 spiro atoms. The van der Waals surface area contributed by atoms with Crippen LogP contribution in [0.3, 0.4) is 0 Å². The van der Waals surface area contributed by atoms with E-state index < -0.39 is 0 Å². The van der Waals surface area contributed by atoms with Crippen molar-refractivity contribution in [2.24, 2.45) is 0 Å². The quantitative estimate of drug-likeness (QED) is 0.460. The fourth-order valence-corrected chi connectivity index (χ4v) is 0. The summed E-state index contributed by atoms with van der Waals surface area (Å²) in [5.74, 6) is 1.60. The maximum atomic E-state index is 8.96. The van der Waals surface area contributed by atoms with E-state index in [9.17, 15) is 0 Å². The second-order valence-corrected chi connectivity index (χ2v) is 0.636. The fraction of sp³-hybridized carbons (Fsp3) is 1.00.